The van der Waals surface area contributed by atoms with Gasteiger partial charge in [0.05, 0.1) is 11.8 Å². The predicted molar refractivity (Wildman–Crippen MR) is 109 cm³/mol. The number of alkyl halides is 3. The zero-order chi connectivity index (χ0) is 21.9. The molecule has 1 saturated heterocycles. The first-order chi connectivity index (χ1) is 14.0. The Hall–Kier alpha value is -1.70. The Morgan fingerprint density at radius 1 is 1.30 bits per heavy atom. The Morgan fingerprint density at radius 2 is 2.00 bits per heavy atom. The van der Waals surface area contributed by atoms with Gasteiger partial charge in [-0.15, -0.1) is 10.2 Å². The average molecular weight is 481 g/mol. The van der Waals surface area contributed by atoms with Crippen LogP contribution in [-0.2, 0) is 26.7 Å². The topological polar surface area (TPSA) is 92.3 Å². The molecule has 1 N–H and O–H groups in total. The molecule has 164 valence electrons. The van der Waals surface area contributed by atoms with Gasteiger partial charge in [0.15, 0.2) is 4.34 Å². The summed E-state index contributed by atoms with van der Waals surface area (Å²) in [6.07, 6.45) is -2.39. The van der Waals surface area contributed by atoms with E-state index in [2.05, 4.69) is 15.5 Å². The molecule has 1 aliphatic rings. The Kier molecular flexibility index (Phi) is 7.05. The van der Waals surface area contributed by atoms with Crippen LogP contribution >= 0.6 is 23.1 Å². The number of hydrogen-bond acceptors (Lipinski definition) is 7. The van der Waals surface area contributed by atoms with Crippen molar-refractivity contribution in [1.29, 1.82) is 0 Å². The molecule has 7 nitrogen and oxygen atoms in total. The van der Waals surface area contributed by atoms with Crippen LogP contribution < -0.4 is 5.32 Å². The smallest absolute Gasteiger partial charge is 0.300 e. The normalized spacial score (nSPS) is 16.5. The summed E-state index contributed by atoms with van der Waals surface area (Å²) in [5.74, 6) is -0.266. The summed E-state index contributed by atoms with van der Waals surface area (Å²) < 4.78 is 63.3. The Bertz CT molecular complexity index is 1000. The third-order valence-corrected chi connectivity index (χ3v) is 7.89. The van der Waals surface area contributed by atoms with E-state index < -0.39 is 21.8 Å². The van der Waals surface area contributed by atoms with Crippen molar-refractivity contribution in [1.82, 2.24) is 14.5 Å². The number of thioether (sulfide) groups is 1. The van der Waals surface area contributed by atoms with Gasteiger partial charge in [0.25, 0.3) is 0 Å². The molecule has 2 aromatic rings. The van der Waals surface area contributed by atoms with Gasteiger partial charge >= 0.3 is 6.18 Å². The van der Waals surface area contributed by atoms with Crippen LogP contribution in [0.3, 0.4) is 0 Å². The summed E-state index contributed by atoms with van der Waals surface area (Å²) in [5.41, 5.74) is -0.194. The molecule has 1 aliphatic heterocycles. The van der Waals surface area contributed by atoms with E-state index in [-0.39, 0.29) is 17.6 Å². The number of rotatable bonds is 6. The van der Waals surface area contributed by atoms with Gasteiger partial charge < -0.3 is 5.32 Å². The summed E-state index contributed by atoms with van der Waals surface area (Å²) in [6.45, 7) is 0.594. The summed E-state index contributed by atoms with van der Waals surface area (Å²) in [5, 5.41) is 10.8. The number of hydrogen-bond donors (Lipinski definition) is 1. The zero-order valence-corrected chi connectivity index (χ0v) is 18.3. The standard InChI is InChI=1S/C17H19F3N4O3S3/c1-30(26,27)24-7-5-12(6-8-24)14(25)21-15-22-23-16(29-15)28-10-11-3-2-4-13(9-11)17(18,19)20/h2-4,9,12H,5-8,10H2,1H3,(H,21,22,25). The molecule has 0 aliphatic carbocycles. The van der Waals surface area contributed by atoms with Gasteiger partial charge in [-0.2, -0.15) is 13.2 Å². The highest BCUT2D eigenvalue weighted by molar-refractivity contribution is 8.00. The van der Waals surface area contributed by atoms with Crippen molar-refractivity contribution in [3.63, 3.8) is 0 Å². The lowest BCUT2D eigenvalue weighted by atomic mass is 9.97. The third-order valence-electron chi connectivity index (χ3n) is 4.55. The van der Waals surface area contributed by atoms with Crippen LogP contribution in [0.4, 0.5) is 18.3 Å². The minimum absolute atomic E-state index is 0.242. The second-order valence-corrected chi connectivity index (χ2v) is 11.0. The first kappa shape index (κ1) is 23.0. The molecule has 1 aromatic heterocycles. The molecule has 2 heterocycles. The van der Waals surface area contributed by atoms with Gasteiger partial charge in [0.2, 0.25) is 21.1 Å². The highest BCUT2D eigenvalue weighted by Gasteiger charge is 2.31. The lowest BCUT2D eigenvalue weighted by Gasteiger charge is -2.29. The molecule has 0 radical (unpaired) electrons. The van der Waals surface area contributed by atoms with Crippen molar-refractivity contribution >= 4 is 44.2 Å². The molecule has 0 atom stereocenters. The number of nitrogens with zero attached hydrogens (tertiary/aromatic N) is 3. The number of amides is 1. The zero-order valence-electron chi connectivity index (χ0n) is 15.8. The van der Waals surface area contributed by atoms with Crippen molar-refractivity contribution in [2.75, 3.05) is 24.7 Å². The van der Waals surface area contributed by atoms with E-state index in [1.165, 1.54) is 22.1 Å². The highest BCUT2D eigenvalue weighted by Crippen LogP contribution is 2.32. The monoisotopic (exact) mass is 480 g/mol. The lowest BCUT2D eigenvalue weighted by molar-refractivity contribution is -0.137. The van der Waals surface area contributed by atoms with Crippen LogP contribution in [0.5, 0.6) is 0 Å². The quantitative estimate of drug-likeness (QED) is 0.503. The van der Waals surface area contributed by atoms with Crippen molar-refractivity contribution in [2.24, 2.45) is 5.92 Å². The molecule has 0 bridgehead atoms. The van der Waals surface area contributed by atoms with Crippen LogP contribution in [-0.4, -0.2) is 48.2 Å². The minimum Gasteiger partial charge on any atom is -0.300 e. The van der Waals surface area contributed by atoms with Gasteiger partial charge in [0, 0.05) is 24.8 Å². The molecular weight excluding hydrogens is 461 g/mol. The fourth-order valence-corrected chi connectivity index (χ4v) is 5.53. The third kappa shape index (κ3) is 6.15. The number of anilines is 1. The van der Waals surface area contributed by atoms with Gasteiger partial charge in [-0.25, -0.2) is 12.7 Å². The fraction of sp³-hybridized carbons (Fsp3) is 0.471. The fourth-order valence-electron chi connectivity index (χ4n) is 2.96. The van der Waals surface area contributed by atoms with Gasteiger partial charge in [-0.3, -0.25) is 4.79 Å². The molecule has 3 rings (SSSR count). The molecule has 1 fully saturated rings. The number of carbonyl (C=O) groups is 1. The number of carbonyl (C=O) groups excluding carboxylic acids is 1. The maximum absolute atomic E-state index is 12.8. The largest absolute Gasteiger partial charge is 0.416 e. The Morgan fingerprint density at radius 3 is 2.63 bits per heavy atom. The number of nitrogens with one attached hydrogen (secondary N) is 1. The molecule has 1 aromatic carbocycles. The number of aromatic nitrogens is 2. The van der Waals surface area contributed by atoms with E-state index in [1.54, 1.807) is 6.07 Å². The van der Waals surface area contributed by atoms with Crippen LogP contribution in [0, 0.1) is 5.92 Å². The molecule has 13 heteroatoms. The number of sulfonamides is 1. The van der Waals surface area contributed by atoms with Crippen LogP contribution in [0.1, 0.15) is 24.0 Å². The van der Waals surface area contributed by atoms with Crippen molar-refractivity contribution < 1.29 is 26.4 Å². The first-order valence-electron chi connectivity index (χ1n) is 8.91. The Labute approximate surface area is 180 Å². The predicted octanol–water partition coefficient (Wildman–Crippen LogP) is 3.46. The van der Waals surface area contributed by atoms with Crippen molar-refractivity contribution in [2.45, 2.75) is 29.1 Å². The van der Waals surface area contributed by atoms with E-state index in [4.69, 9.17) is 0 Å². The molecule has 0 unspecified atom stereocenters. The number of benzene rings is 1. The second-order valence-electron chi connectivity index (χ2n) is 6.79. The van der Waals surface area contributed by atoms with Crippen molar-refractivity contribution in [3.05, 3.63) is 35.4 Å². The van der Waals surface area contributed by atoms with E-state index in [0.717, 1.165) is 29.7 Å². The van der Waals surface area contributed by atoms with Gasteiger partial charge in [-0.05, 0) is 24.5 Å². The Balaban J connectivity index is 1.51. The molecule has 0 saturated carbocycles. The summed E-state index contributed by atoms with van der Waals surface area (Å²) in [4.78, 5) is 12.4. The lowest BCUT2D eigenvalue weighted by Crippen LogP contribution is -2.40. The van der Waals surface area contributed by atoms with Crippen LogP contribution in [0.15, 0.2) is 28.6 Å². The molecule has 30 heavy (non-hydrogen) atoms. The SMILES string of the molecule is CS(=O)(=O)N1CCC(C(=O)Nc2nnc(SCc3cccc(C(F)(F)F)c3)s2)CC1. The van der Waals surface area contributed by atoms with Crippen LogP contribution in [0.2, 0.25) is 0 Å². The van der Waals surface area contributed by atoms with Crippen molar-refractivity contribution in [3.8, 4) is 0 Å². The summed E-state index contributed by atoms with van der Waals surface area (Å²) >= 11 is 2.37. The van der Waals surface area contributed by atoms with E-state index in [9.17, 15) is 26.4 Å². The molecule has 1 amide bonds. The van der Waals surface area contributed by atoms with E-state index >= 15 is 0 Å². The van der Waals surface area contributed by atoms with E-state index in [0.29, 0.717) is 41.0 Å². The second kappa shape index (κ2) is 9.20. The summed E-state index contributed by atoms with van der Waals surface area (Å²) in [6, 6.07) is 5.08. The minimum atomic E-state index is -4.39. The van der Waals surface area contributed by atoms with Crippen LogP contribution in [0.25, 0.3) is 0 Å². The maximum Gasteiger partial charge on any atom is 0.416 e. The molecular formula is C17H19F3N4O3S3. The maximum atomic E-state index is 12.8. The first-order valence-corrected chi connectivity index (χ1v) is 12.6. The number of piperidine rings is 1. The average Bonchev–Trinajstić information content (AvgIpc) is 3.13. The summed E-state index contributed by atoms with van der Waals surface area (Å²) in [7, 11) is -3.25. The van der Waals surface area contributed by atoms with E-state index in [1.807, 2.05) is 0 Å². The highest BCUT2D eigenvalue weighted by atomic mass is 32.2. The van der Waals surface area contributed by atoms with Gasteiger partial charge in [-0.1, -0.05) is 41.3 Å². The molecule has 0 spiro atoms. The number of halogens is 3. The van der Waals surface area contributed by atoms with Gasteiger partial charge in [0.1, 0.15) is 0 Å².